The second-order valence-electron chi connectivity index (χ2n) is 5.14. The van der Waals surface area contributed by atoms with Gasteiger partial charge >= 0.3 is 128 Å². The first-order valence-electron chi connectivity index (χ1n) is 6.97. The maximum absolute atomic E-state index is 6.00. The van der Waals surface area contributed by atoms with E-state index in [9.17, 15) is 0 Å². The number of nitrogens with zero attached hydrogens (tertiary/aromatic N) is 3. The van der Waals surface area contributed by atoms with Crippen LogP contribution in [0.3, 0.4) is 0 Å². The van der Waals surface area contributed by atoms with Crippen LogP contribution in [0.15, 0.2) is 30.5 Å². The second kappa shape index (κ2) is 6.02. The molecule has 0 radical (unpaired) electrons. The number of aromatic nitrogens is 2. The van der Waals surface area contributed by atoms with Gasteiger partial charge in [0, 0.05) is 0 Å². The summed E-state index contributed by atoms with van der Waals surface area (Å²) in [5.74, 6) is 0.954. The van der Waals surface area contributed by atoms with Gasteiger partial charge in [0.1, 0.15) is 0 Å². The van der Waals surface area contributed by atoms with E-state index in [-0.39, 0.29) is 0 Å². The van der Waals surface area contributed by atoms with Crippen molar-refractivity contribution in [3.63, 3.8) is 0 Å². The van der Waals surface area contributed by atoms with Crippen LogP contribution in [0.1, 0.15) is 6.42 Å². The minimum absolute atomic E-state index is 0.749. The van der Waals surface area contributed by atoms with Crippen molar-refractivity contribution in [2.45, 2.75) is 6.42 Å². The summed E-state index contributed by atoms with van der Waals surface area (Å²) in [6.07, 6.45) is 3.15. The van der Waals surface area contributed by atoms with Gasteiger partial charge in [-0.05, 0) is 0 Å². The molecule has 5 heteroatoms. The fraction of sp³-hybridized carbons (Fsp3) is 0.400. The molecule has 4 nitrogen and oxygen atoms in total. The van der Waals surface area contributed by atoms with E-state index >= 15 is 0 Å². The summed E-state index contributed by atoms with van der Waals surface area (Å²) < 4.78 is 9.19. The van der Waals surface area contributed by atoms with Crippen LogP contribution in [-0.4, -0.2) is 57.8 Å². The third-order valence-corrected chi connectivity index (χ3v) is 4.47. The third kappa shape index (κ3) is 2.92. The molecule has 1 aliphatic heterocycles. The number of hydrogen-bond acceptors (Lipinski definition) is 3. The van der Waals surface area contributed by atoms with Gasteiger partial charge in [-0.3, -0.25) is 0 Å². The Morgan fingerprint density at radius 1 is 1.30 bits per heavy atom. The average molecular weight is 333 g/mol. The van der Waals surface area contributed by atoms with Crippen LogP contribution < -0.4 is 9.09 Å². The van der Waals surface area contributed by atoms with E-state index in [4.69, 9.17) is 4.74 Å². The van der Waals surface area contributed by atoms with Crippen molar-refractivity contribution in [2.75, 3.05) is 26.2 Å². The molecule has 1 aromatic carbocycles. The van der Waals surface area contributed by atoms with Crippen LogP contribution >= 0.6 is 0 Å². The number of aryl methyl sites for hydroxylation is 1. The van der Waals surface area contributed by atoms with Crippen molar-refractivity contribution in [2.24, 2.45) is 7.05 Å². The average Bonchev–Trinajstić information content (AvgIpc) is 2.80. The summed E-state index contributed by atoms with van der Waals surface area (Å²) in [5, 5.41) is 4.25. The predicted octanol–water partition coefficient (Wildman–Crippen LogP) is 0.430. The van der Waals surface area contributed by atoms with Crippen molar-refractivity contribution in [3.05, 3.63) is 30.5 Å². The van der Waals surface area contributed by atoms with E-state index in [1.807, 2.05) is 24.0 Å². The molecular weight excluding hydrogens is 313 g/mol. The molecule has 0 bridgehead atoms. The van der Waals surface area contributed by atoms with Crippen LogP contribution in [0.5, 0.6) is 5.75 Å². The molecule has 2 aromatic rings. The van der Waals surface area contributed by atoms with E-state index in [1.54, 1.807) is 16.9 Å². The van der Waals surface area contributed by atoms with E-state index in [0.29, 0.717) is 0 Å². The first-order chi connectivity index (χ1) is 9.74. The monoisotopic (exact) mass is 333 g/mol. The van der Waals surface area contributed by atoms with Gasteiger partial charge in [-0.2, -0.15) is 0 Å². The number of ether oxygens (including phenoxy) is 1. The quantitative estimate of drug-likeness (QED) is 0.744. The molecule has 0 N–H and O–H groups in total. The molecule has 1 fully saturated rings. The molecule has 2 heterocycles. The topological polar surface area (TPSA) is 30.3 Å². The van der Waals surface area contributed by atoms with Gasteiger partial charge in [0.05, 0.1) is 0 Å². The fourth-order valence-corrected chi connectivity index (χ4v) is 2.95. The van der Waals surface area contributed by atoms with Gasteiger partial charge in [0.2, 0.25) is 0 Å². The van der Waals surface area contributed by atoms with Crippen LogP contribution in [-0.2, 0) is 7.05 Å². The molecule has 106 valence electrons. The molecule has 1 unspecified atom stereocenters. The van der Waals surface area contributed by atoms with Gasteiger partial charge < -0.3 is 0 Å². The zero-order valence-electron chi connectivity index (χ0n) is 11.7. The summed E-state index contributed by atoms with van der Waals surface area (Å²) in [4.78, 5) is 2.42. The Hall–Kier alpha value is -1.25. The van der Waals surface area contributed by atoms with Crippen LogP contribution in [0, 0.1) is 0 Å². The molecule has 1 aromatic heterocycles. The number of likely N-dealkylation sites (tertiary alicyclic amines) is 1. The summed E-state index contributed by atoms with van der Waals surface area (Å²) >= 11 is 1.63. The standard InChI is InChI=1S/C15H20AsN3O/c1-18-14(5-6-17-18)13-11-12(16)3-4-15(13)20-10-9-19-7-2-8-19/h3-6,11H,2,7-10,16H2,1H3. The van der Waals surface area contributed by atoms with E-state index in [2.05, 4.69) is 28.2 Å². The Kier molecular flexibility index (Phi) is 4.13. The minimum atomic E-state index is 0.749. The molecule has 1 atom stereocenters. The van der Waals surface area contributed by atoms with Crippen LogP contribution in [0.2, 0.25) is 0 Å². The van der Waals surface area contributed by atoms with Crippen LogP contribution in [0.25, 0.3) is 11.3 Å². The van der Waals surface area contributed by atoms with E-state index < -0.39 is 0 Å². The molecule has 1 aliphatic rings. The normalized spacial score (nSPS) is 15.1. The van der Waals surface area contributed by atoms with Gasteiger partial charge in [-0.25, -0.2) is 0 Å². The molecule has 3 rings (SSSR count). The van der Waals surface area contributed by atoms with E-state index in [0.717, 1.165) is 30.2 Å². The number of hydrogen-bond donors (Lipinski definition) is 0. The Balaban J connectivity index is 1.77. The van der Waals surface area contributed by atoms with Crippen molar-refractivity contribution in [1.82, 2.24) is 14.7 Å². The SMILES string of the molecule is Cn1nccc1-c1cc([AsH2])ccc1OCCN1CCC1. The molecule has 20 heavy (non-hydrogen) atoms. The van der Waals surface area contributed by atoms with E-state index in [1.165, 1.54) is 23.9 Å². The second-order valence-corrected chi connectivity index (χ2v) is 6.54. The molecule has 1 saturated heterocycles. The Labute approximate surface area is 128 Å². The molecular formula is C15H20AsN3O. The zero-order chi connectivity index (χ0) is 13.9. The first kappa shape index (κ1) is 13.7. The Bertz CT molecular complexity index is 593. The summed E-state index contributed by atoms with van der Waals surface area (Å²) in [6, 6.07) is 8.42. The maximum atomic E-state index is 6.00. The summed E-state index contributed by atoms with van der Waals surface area (Å²) in [6.45, 7) is 4.20. The Morgan fingerprint density at radius 3 is 2.80 bits per heavy atom. The Morgan fingerprint density at radius 2 is 2.15 bits per heavy atom. The molecule has 0 aliphatic carbocycles. The van der Waals surface area contributed by atoms with Gasteiger partial charge in [0.25, 0.3) is 0 Å². The van der Waals surface area contributed by atoms with Crippen molar-refractivity contribution < 1.29 is 4.74 Å². The van der Waals surface area contributed by atoms with Gasteiger partial charge in [0.15, 0.2) is 0 Å². The summed E-state index contributed by atoms with van der Waals surface area (Å²) in [7, 11) is 1.96. The van der Waals surface area contributed by atoms with Crippen molar-refractivity contribution in [1.29, 1.82) is 0 Å². The van der Waals surface area contributed by atoms with Crippen molar-refractivity contribution in [3.8, 4) is 17.0 Å². The number of benzene rings is 1. The molecule has 0 spiro atoms. The predicted molar refractivity (Wildman–Crippen MR) is 83.4 cm³/mol. The van der Waals surface area contributed by atoms with Gasteiger partial charge in [-0.1, -0.05) is 0 Å². The number of rotatable bonds is 5. The summed E-state index contributed by atoms with van der Waals surface area (Å²) in [5.41, 5.74) is 2.24. The first-order valence-corrected chi connectivity index (χ1v) is 8.18. The molecule has 0 saturated carbocycles. The third-order valence-electron chi connectivity index (χ3n) is 3.71. The van der Waals surface area contributed by atoms with Crippen LogP contribution in [0.4, 0.5) is 0 Å². The molecule has 0 amide bonds. The van der Waals surface area contributed by atoms with Gasteiger partial charge in [-0.15, -0.1) is 0 Å². The fourth-order valence-electron chi connectivity index (χ4n) is 2.40. The zero-order valence-corrected chi connectivity index (χ0v) is 14.2. The van der Waals surface area contributed by atoms with Crippen molar-refractivity contribution >= 4 is 21.2 Å².